The zero-order valence-electron chi connectivity index (χ0n) is 19.5. The standard InChI is InChI=1S/C31H40/c1-2-3-4-5-6-7-8-9-10-14-21-28-22-15-17-24-30(28)31-25-18-16-23-29(31)26-27-19-12-11-13-20-27/h11-13,15-20,22-25H,2-10,14,21,26H2,1H3. The highest BCUT2D eigenvalue weighted by Gasteiger charge is 2.09. The highest BCUT2D eigenvalue weighted by molar-refractivity contribution is 5.71. The van der Waals surface area contributed by atoms with Gasteiger partial charge in [0, 0.05) is 0 Å². The molecule has 164 valence electrons. The number of hydrogen-bond acceptors (Lipinski definition) is 0. The summed E-state index contributed by atoms with van der Waals surface area (Å²) in [6.07, 6.45) is 16.1. The maximum atomic E-state index is 2.34. The molecule has 0 amide bonds. The third-order valence-electron chi connectivity index (χ3n) is 6.36. The Balaban J connectivity index is 1.53. The largest absolute Gasteiger partial charge is 0.0654 e. The lowest BCUT2D eigenvalue weighted by Crippen LogP contribution is -1.96. The van der Waals surface area contributed by atoms with Crippen LogP contribution < -0.4 is 0 Å². The molecule has 0 aliphatic rings. The molecule has 3 rings (SSSR count). The molecule has 3 aromatic rings. The molecule has 0 aliphatic carbocycles. The van der Waals surface area contributed by atoms with Crippen molar-refractivity contribution in [2.24, 2.45) is 0 Å². The van der Waals surface area contributed by atoms with Gasteiger partial charge in [-0.3, -0.25) is 0 Å². The third kappa shape index (κ3) is 8.02. The van der Waals surface area contributed by atoms with E-state index in [1.54, 1.807) is 0 Å². The summed E-state index contributed by atoms with van der Waals surface area (Å²) in [4.78, 5) is 0. The van der Waals surface area contributed by atoms with Gasteiger partial charge in [-0.2, -0.15) is 0 Å². The van der Waals surface area contributed by atoms with Gasteiger partial charge in [0.25, 0.3) is 0 Å². The molecule has 3 aromatic carbocycles. The fourth-order valence-electron chi connectivity index (χ4n) is 4.56. The Hall–Kier alpha value is -2.34. The van der Waals surface area contributed by atoms with Gasteiger partial charge in [-0.05, 0) is 47.1 Å². The SMILES string of the molecule is CCCCCCCCCCCCc1ccccc1-c1ccccc1Cc1ccccc1. The van der Waals surface area contributed by atoms with Crippen molar-refractivity contribution in [3.63, 3.8) is 0 Å². The normalized spacial score (nSPS) is 11.0. The molecule has 0 radical (unpaired) electrons. The molecule has 0 heterocycles. The van der Waals surface area contributed by atoms with Crippen molar-refractivity contribution in [2.75, 3.05) is 0 Å². The molecule has 0 N–H and O–H groups in total. The molecule has 0 bridgehead atoms. The first-order chi connectivity index (χ1) is 15.4. The van der Waals surface area contributed by atoms with Gasteiger partial charge in [0.05, 0.1) is 0 Å². The zero-order chi connectivity index (χ0) is 21.6. The van der Waals surface area contributed by atoms with Gasteiger partial charge in [0.2, 0.25) is 0 Å². The van der Waals surface area contributed by atoms with E-state index in [9.17, 15) is 0 Å². The Bertz CT molecular complexity index is 862. The molecule has 0 fully saturated rings. The fourth-order valence-corrected chi connectivity index (χ4v) is 4.56. The average molecular weight is 413 g/mol. The summed E-state index contributed by atoms with van der Waals surface area (Å²) in [5.41, 5.74) is 7.12. The van der Waals surface area contributed by atoms with E-state index in [1.807, 2.05) is 0 Å². The van der Waals surface area contributed by atoms with Gasteiger partial charge in [0.1, 0.15) is 0 Å². The van der Waals surface area contributed by atoms with Crippen molar-refractivity contribution in [3.8, 4) is 11.1 Å². The quantitative estimate of drug-likeness (QED) is 0.231. The maximum absolute atomic E-state index is 2.34. The summed E-state index contributed by atoms with van der Waals surface area (Å²) in [6, 6.07) is 28.8. The lowest BCUT2D eigenvalue weighted by Gasteiger charge is -2.14. The van der Waals surface area contributed by atoms with E-state index < -0.39 is 0 Å². The van der Waals surface area contributed by atoms with Crippen molar-refractivity contribution in [1.29, 1.82) is 0 Å². The van der Waals surface area contributed by atoms with E-state index in [0.29, 0.717) is 0 Å². The Morgan fingerprint density at radius 2 is 0.935 bits per heavy atom. The van der Waals surface area contributed by atoms with Crippen molar-refractivity contribution in [2.45, 2.75) is 84.0 Å². The van der Waals surface area contributed by atoms with Gasteiger partial charge in [-0.15, -0.1) is 0 Å². The van der Waals surface area contributed by atoms with E-state index in [-0.39, 0.29) is 0 Å². The van der Waals surface area contributed by atoms with E-state index in [4.69, 9.17) is 0 Å². The average Bonchev–Trinajstić information content (AvgIpc) is 2.82. The van der Waals surface area contributed by atoms with Crippen LogP contribution in [0.5, 0.6) is 0 Å². The van der Waals surface area contributed by atoms with Crippen molar-refractivity contribution in [3.05, 3.63) is 95.6 Å². The lowest BCUT2D eigenvalue weighted by molar-refractivity contribution is 0.556. The first-order valence-electron chi connectivity index (χ1n) is 12.6. The Morgan fingerprint density at radius 1 is 0.452 bits per heavy atom. The van der Waals surface area contributed by atoms with Gasteiger partial charge >= 0.3 is 0 Å². The van der Waals surface area contributed by atoms with Crippen LogP contribution in [0.1, 0.15) is 87.8 Å². The number of aryl methyl sites for hydroxylation is 1. The Kier molecular flexibility index (Phi) is 10.4. The molecule has 0 aromatic heterocycles. The molecule has 0 nitrogen and oxygen atoms in total. The second-order valence-corrected chi connectivity index (χ2v) is 8.91. The summed E-state index contributed by atoms with van der Waals surface area (Å²) in [5.74, 6) is 0. The van der Waals surface area contributed by atoms with Crippen LogP contribution in [0.25, 0.3) is 11.1 Å². The lowest BCUT2D eigenvalue weighted by atomic mass is 9.90. The van der Waals surface area contributed by atoms with Crippen molar-refractivity contribution >= 4 is 0 Å². The molecular formula is C31H40. The molecule has 0 aliphatic heterocycles. The van der Waals surface area contributed by atoms with Crippen LogP contribution in [0.15, 0.2) is 78.9 Å². The van der Waals surface area contributed by atoms with Crippen LogP contribution in [0.4, 0.5) is 0 Å². The molecule has 0 saturated heterocycles. The van der Waals surface area contributed by atoms with Gasteiger partial charge < -0.3 is 0 Å². The maximum Gasteiger partial charge on any atom is -0.00196 e. The fraction of sp³-hybridized carbons (Fsp3) is 0.419. The summed E-state index contributed by atoms with van der Waals surface area (Å²) >= 11 is 0. The van der Waals surface area contributed by atoms with Crippen LogP contribution in [-0.4, -0.2) is 0 Å². The zero-order valence-corrected chi connectivity index (χ0v) is 19.5. The van der Waals surface area contributed by atoms with Gasteiger partial charge in [-0.25, -0.2) is 0 Å². The topological polar surface area (TPSA) is 0 Å². The molecule has 31 heavy (non-hydrogen) atoms. The number of unbranched alkanes of at least 4 members (excludes halogenated alkanes) is 9. The second kappa shape index (κ2) is 13.9. The Labute approximate surface area is 190 Å². The summed E-state index contributed by atoms with van der Waals surface area (Å²) in [6.45, 7) is 2.29. The van der Waals surface area contributed by atoms with E-state index >= 15 is 0 Å². The second-order valence-electron chi connectivity index (χ2n) is 8.91. The minimum atomic E-state index is 0.990. The summed E-state index contributed by atoms with van der Waals surface area (Å²) in [5, 5.41) is 0. The number of hydrogen-bond donors (Lipinski definition) is 0. The predicted molar refractivity (Wildman–Crippen MR) is 137 cm³/mol. The number of rotatable bonds is 14. The Morgan fingerprint density at radius 3 is 1.58 bits per heavy atom. The van der Waals surface area contributed by atoms with E-state index in [2.05, 4.69) is 85.8 Å². The molecule has 0 unspecified atom stereocenters. The summed E-state index contributed by atoms with van der Waals surface area (Å²) < 4.78 is 0. The van der Waals surface area contributed by atoms with Gasteiger partial charge in [-0.1, -0.05) is 144 Å². The summed E-state index contributed by atoms with van der Waals surface area (Å²) in [7, 11) is 0. The number of benzene rings is 3. The van der Waals surface area contributed by atoms with Crippen LogP contribution in [0.3, 0.4) is 0 Å². The van der Waals surface area contributed by atoms with E-state index in [0.717, 1.165) is 6.42 Å². The minimum Gasteiger partial charge on any atom is -0.0654 e. The van der Waals surface area contributed by atoms with Crippen LogP contribution >= 0.6 is 0 Å². The molecule has 0 spiro atoms. The van der Waals surface area contributed by atoms with Crippen molar-refractivity contribution in [1.82, 2.24) is 0 Å². The van der Waals surface area contributed by atoms with E-state index in [1.165, 1.54) is 98.4 Å². The highest BCUT2D eigenvalue weighted by Crippen LogP contribution is 2.30. The minimum absolute atomic E-state index is 0.990. The van der Waals surface area contributed by atoms with Crippen molar-refractivity contribution < 1.29 is 0 Å². The monoisotopic (exact) mass is 412 g/mol. The molecule has 0 saturated carbocycles. The highest BCUT2D eigenvalue weighted by atomic mass is 14.1. The molecule has 0 atom stereocenters. The molecular weight excluding hydrogens is 372 g/mol. The first-order valence-corrected chi connectivity index (χ1v) is 12.6. The smallest absolute Gasteiger partial charge is 0.00196 e. The van der Waals surface area contributed by atoms with Gasteiger partial charge in [0.15, 0.2) is 0 Å². The predicted octanol–water partition coefficient (Wildman–Crippen LogP) is 9.41. The third-order valence-corrected chi connectivity index (χ3v) is 6.36. The van der Waals surface area contributed by atoms with Crippen LogP contribution in [0.2, 0.25) is 0 Å². The van der Waals surface area contributed by atoms with Crippen LogP contribution in [0, 0.1) is 0 Å². The molecule has 0 heteroatoms. The van der Waals surface area contributed by atoms with Crippen LogP contribution in [-0.2, 0) is 12.8 Å². The first kappa shape index (κ1) is 23.3.